The van der Waals surface area contributed by atoms with Gasteiger partial charge in [0.05, 0.1) is 22.3 Å². The predicted octanol–water partition coefficient (Wildman–Crippen LogP) is 5.42. The van der Waals surface area contributed by atoms with E-state index in [9.17, 15) is 13.6 Å². The molecule has 0 fully saturated rings. The van der Waals surface area contributed by atoms with Crippen molar-refractivity contribution in [3.8, 4) is 5.69 Å². The molecule has 3 aromatic carbocycles. The van der Waals surface area contributed by atoms with Gasteiger partial charge < -0.3 is 5.32 Å². The second kappa shape index (κ2) is 9.70. The van der Waals surface area contributed by atoms with Crippen LogP contribution in [0.25, 0.3) is 16.6 Å². The average molecular weight is 494 g/mol. The zero-order valence-electron chi connectivity index (χ0n) is 17.6. The predicted molar refractivity (Wildman–Crippen MR) is 130 cm³/mol. The largest absolute Gasteiger partial charge is 0.356 e. The summed E-state index contributed by atoms with van der Waals surface area (Å²) in [6.07, 6.45) is 0. The normalized spacial score (nSPS) is 11.1. The summed E-state index contributed by atoms with van der Waals surface area (Å²) in [5, 5.41) is 12.7. The van der Waals surface area contributed by atoms with Crippen molar-refractivity contribution in [3.05, 3.63) is 106 Å². The molecule has 0 aliphatic heterocycles. The summed E-state index contributed by atoms with van der Waals surface area (Å²) in [4.78, 5) is 18.0. The highest BCUT2D eigenvalue weighted by Crippen LogP contribution is 2.29. The molecule has 0 amide bonds. The molecule has 0 atom stereocenters. The van der Waals surface area contributed by atoms with E-state index in [2.05, 4.69) is 15.5 Å². The first kappa shape index (κ1) is 22.2. The molecule has 6 nitrogen and oxygen atoms in total. The molecule has 0 unspecified atom stereocenters. The number of nitrogens with zero attached hydrogens (tertiary/aromatic N) is 4. The van der Waals surface area contributed by atoms with Crippen LogP contribution in [0.3, 0.4) is 0 Å². The third-order valence-electron chi connectivity index (χ3n) is 5.02. The Labute approximate surface area is 201 Å². The molecule has 34 heavy (non-hydrogen) atoms. The van der Waals surface area contributed by atoms with Crippen molar-refractivity contribution < 1.29 is 8.78 Å². The number of thioether (sulfide) groups is 1. The number of benzene rings is 3. The van der Waals surface area contributed by atoms with E-state index >= 15 is 0 Å². The lowest BCUT2D eigenvalue weighted by molar-refractivity contribution is 0.626. The van der Waals surface area contributed by atoms with Gasteiger partial charge in [0, 0.05) is 6.54 Å². The number of halogens is 2. The van der Waals surface area contributed by atoms with E-state index in [1.54, 1.807) is 42.5 Å². The highest BCUT2D eigenvalue weighted by Gasteiger charge is 2.14. The Hall–Kier alpha value is -3.63. The molecule has 2 heterocycles. The number of rotatable bonds is 7. The molecule has 5 aromatic rings. The van der Waals surface area contributed by atoms with Gasteiger partial charge in [-0.2, -0.15) is 0 Å². The Morgan fingerprint density at radius 3 is 2.38 bits per heavy atom. The fourth-order valence-corrected chi connectivity index (χ4v) is 5.04. The first-order chi connectivity index (χ1) is 16.6. The van der Waals surface area contributed by atoms with Crippen molar-refractivity contribution in [1.29, 1.82) is 0 Å². The summed E-state index contributed by atoms with van der Waals surface area (Å²) in [5.41, 5.74) is 1.85. The summed E-state index contributed by atoms with van der Waals surface area (Å²) < 4.78 is 28.7. The molecule has 10 heteroatoms. The van der Waals surface area contributed by atoms with Crippen LogP contribution in [0.5, 0.6) is 0 Å². The fourth-order valence-electron chi connectivity index (χ4n) is 3.38. The standard InChI is InChI=1S/C24H17F2N5OS2/c25-16-7-5-15(6-8-16)13-27-23-29-30-24(34-23)33-14-21-28-20-4-2-1-3-19(20)22(32)31(21)18-11-9-17(26)10-12-18/h1-12H,13-14H2,(H,27,29). The molecule has 0 spiro atoms. The molecular weight excluding hydrogens is 476 g/mol. The summed E-state index contributed by atoms with van der Waals surface area (Å²) in [6.45, 7) is 0.496. The van der Waals surface area contributed by atoms with E-state index in [-0.39, 0.29) is 17.2 Å². The highest BCUT2D eigenvalue weighted by atomic mass is 32.2. The van der Waals surface area contributed by atoms with Crippen molar-refractivity contribution in [1.82, 2.24) is 19.7 Å². The summed E-state index contributed by atoms with van der Waals surface area (Å²) in [5.74, 6) is 0.233. The van der Waals surface area contributed by atoms with Crippen molar-refractivity contribution in [2.75, 3.05) is 5.32 Å². The molecule has 170 valence electrons. The van der Waals surface area contributed by atoms with Crippen LogP contribution in [-0.2, 0) is 12.3 Å². The molecule has 0 aliphatic rings. The minimum Gasteiger partial charge on any atom is -0.356 e. The van der Waals surface area contributed by atoms with E-state index in [1.807, 2.05) is 6.07 Å². The molecule has 5 rings (SSSR count). The summed E-state index contributed by atoms with van der Waals surface area (Å²) in [7, 11) is 0. The topological polar surface area (TPSA) is 72.7 Å². The number of anilines is 1. The lowest BCUT2D eigenvalue weighted by atomic mass is 10.2. The van der Waals surface area contributed by atoms with Gasteiger partial charge in [0.2, 0.25) is 5.13 Å². The molecule has 0 radical (unpaired) electrons. The maximum Gasteiger partial charge on any atom is 0.265 e. The lowest BCUT2D eigenvalue weighted by Gasteiger charge is -2.13. The number of fused-ring (bicyclic) bond motifs is 1. The maximum atomic E-state index is 13.5. The van der Waals surface area contributed by atoms with Gasteiger partial charge in [-0.05, 0) is 54.1 Å². The Bertz CT molecular complexity index is 1500. The van der Waals surface area contributed by atoms with Crippen LogP contribution >= 0.6 is 23.1 Å². The zero-order chi connectivity index (χ0) is 23.5. The second-order valence-corrected chi connectivity index (χ2v) is 9.50. The van der Waals surface area contributed by atoms with Crippen LogP contribution in [0, 0.1) is 11.6 Å². The smallest absolute Gasteiger partial charge is 0.265 e. The van der Waals surface area contributed by atoms with E-state index < -0.39 is 0 Å². The van der Waals surface area contributed by atoms with Gasteiger partial charge in [-0.1, -0.05) is 47.4 Å². The third kappa shape index (κ3) is 4.82. The van der Waals surface area contributed by atoms with Crippen LogP contribution in [0.4, 0.5) is 13.9 Å². The molecule has 2 aromatic heterocycles. The first-order valence-electron chi connectivity index (χ1n) is 10.3. The zero-order valence-corrected chi connectivity index (χ0v) is 19.2. The van der Waals surface area contributed by atoms with Gasteiger partial charge in [0.25, 0.3) is 5.56 Å². The Kier molecular flexibility index (Phi) is 6.33. The van der Waals surface area contributed by atoms with Crippen LogP contribution in [-0.4, -0.2) is 19.7 Å². The number of aromatic nitrogens is 4. The summed E-state index contributed by atoms with van der Waals surface area (Å²) in [6, 6.07) is 19.1. The van der Waals surface area contributed by atoms with Crippen molar-refractivity contribution in [2.45, 2.75) is 16.6 Å². The molecular formula is C24H17F2N5OS2. The monoisotopic (exact) mass is 493 g/mol. The quantitative estimate of drug-likeness (QED) is 0.305. The van der Waals surface area contributed by atoms with Crippen molar-refractivity contribution in [3.63, 3.8) is 0 Å². The van der Waals surface area contributed by atoms with Crippen molar-refractivity contribution in [2.24, 2.45) is 0 Å². The molecule has 0 bridgehead atoms. The molecule has 0 saturated carbocycles. The molecule has 0 saturated heterocycles. The van der Waals surface area contributed by atoms with Gasteiger partial charge in [0.1, 0.15) is 17.5 Å². The SMILES string of the molecule is O=c1c2ccccc2nc(CSc2nnc(NCc3ccc(F)cc3)s2)n1-c1ccc(F)cc1. The van der Waals surface area contributed by atoms with Gasteiger partial charge in [-0.3, -0.25) is 9.36 Å². The Morgan fingerprint density at radius 2 is 1.62 bits per heavy atom. The molecule has 0 aliphatic carbocycles. The van der Waals surface area contributed by atoms with E-state index in [4.69, 9.17) is 4.98 Å². The number of hydrogen-bond acceptors (Lipinski definition) is 7. The van der Waals surface area contributed by atoms with Gasteiger partial charge in [-0.15, -0.1) is 10.2 Å². The minimum atomic E-state index is -0.379. The van der Waals surface area contributed by atoms with Gasteiger partial charge in [0.15, 0.2) is 4.34 Å². The second-order valence-electron chi connectivity index (χ2n) is 7.30. The summed E-state index contributed by atoms with van der Waals surface area (Å²) >= 11 is 2.78. The number of nitrogens with one attached hydrogen (secondary N) is 1. The number of para-hydroxylation sites is 1. The number of hydrogen-bond donors (Lipinski definition) is 1. The van der Waals surface area contributed by atoms with Crippen LogP contribution in [0.2, 0.25) is 0 Å². The van der Waals surface area contributed by atoms with E-state index in [1.165, 1.54) is 51.9 Å². The van der Waals surface area contributed by atoms with Crippen LogP contribution in [0.1, 0.15) is 11.4 Å². The molecule has 1 N–H and O–H groups in total. The van der Waals surface area contributed by atoms with E-state index in [0.29, 0.717) is 44.2 Å². The van der Waals surface area contributed by atoms with E-state index in [0.717, 1.165) is 5.56 Å². The van der Waals surface area contributed by atoms with Gasteiger partial charge >= 0.3 is 0 Å². The minimum absolute atomic E-state index is 0.216. The highest BCUT2D eigenvalue weighted by molar-refractivity contribution is 8.00. The third-order valence-corrected chi connectivity index (χ3v) is 7.03. The Morgan fingerprint density at radius 1 is 0.912 bits per heavy atom. The lowest BCUT2D eigenvalue weighted by Crippen LogP contribution is -2.23. The van der Waals surface area contributed by atoms with Gasteiger partial charge in [-0.25, -0.2) is 13.8 Å². The fraction of sp³-hybridized carbons (Fsp3) is 0.0833. The van der Waals surface area contributed by atoms with Crippen LogP contribution in [0.15, 0.2) is 81.9 Å². The Balaban J connectivity index is 1.37. The van der Waals surface area contributed by atoms with Crippen molar-refractivity contribution >= 4 is 39.1 Å². The van der Waals surface area contributed by atoms with Crippen LogP contribution < -0.4 is 10.9 Å². The first-order valence-corrected chi connectivity index (χ1v) is 12.1. The average Bonchev–Trinajstić information content (AvgIpc) is 3.31. The maximum absolute atomic E-state index is 13.5.